The number of nitrogens with one attached hydrogen (secondary N) is 1. The summed E-state index contributed by atoms with van der Waals surface area (Å²) in [6.07, 6.45) is 4.51. The van der Waals surface area contributed by atoms with Crippen LogP contribution in [0.15, 0.2) is 0 Å². The maximum Gasteiger partial charge on any atom is 0.225 e. The predicted octanol–water partition coefficient (Wildman–Crippen LogP) is 1.63. The zero-order valence-electron chi connectivity index (χ0n) is 10.5. The molecule has 0 spiro atoms. The van der Waals surface area contributed by atoms with Gasteiger partial charge in [0.25, 0.3) is 0 Å². The lowest BCUT2D eigenvalue weighted by molar-refractivity contribution is -0.138. The smallest absolute Gasteiger partial charge is 0.225 e. The minimum absolute atomic E-state index is 0.279. The van der Waals surface area contributed by atoms with Gasteiger partial charge in [-0.25, -0.2) is 0 Å². The molecular weight excluding hydrogens is 200 g/mol. The maximum absolute atomic E-state index is 12.3. The van der Waals surface area contributed by atoms with Crippen LogP contribution < -0.4 is 5.32 Å². The molecule has 2 aliphatic rings. The van der Waals surface area contributed by atoms with Gasteiger partial charge in [0.15, 0.2) is 0 Å². The van der Waals surface area contributed by atoms with Crippen molar-refractivity contribution < 1.29 is 4.79 Å². The Bertz CT molecular complexity index is 230. The molecule has 2 heterocycles. The van der Waals surface area contributed by atoms with E-state index in [-0.39, 0.29) is 5.92 Å². The van der Waals surface area contributed by atoms with E-state index in [9.17, 15) is 4.79 Å². The zero-order chi connectivity index (χ0) is 11.5. The average Bonchev–Trinajstić information content (AvgIpc) is 2.28. The van der Waals surface area contributed by atoms with Crippen LogP contribution in [0, 0.1) is 11.8 Å². The number of piperidine rings is 2. The molecule has 2 aliphatic heterocycles. The molecule has 2 rings (SSSR count). The van der Waals surface area contributed by atoms with E-state index < -0.39 is 0 Å². The standard InChI is InChI=1S/C13H24N2O/c1-10-4-3-7-15(9-10)13(16)12-5-6-14-11(2)8-12/h10-12,14H,3-9H2,1-2H3/t10?,11-,12-/m0/s1. The van der Waals surface area contributed by atoms with E-state index in [0.29, 0.717) is 17.9 Å². The van der Waals surface area contributed by atoms with Crippen molar-refractivity contribution in [2.75, 3.05) is 19.6 Å². The fourth-order valence-electron chi connectivity index (χ4n) is 3.00. The molecule has 1 N–H and O–H groups in total. The number of hydrogen-bond acceptors (Lipinski definition) is 2. The fourth-order valence-corrected chi connectivity index (χ4v) is 3.00. The van der Waals surface area contributed by atoms with Gasteiger partial charge in [-0.05, 0) is 45.1 Å². The summed E-state index contributed by atoms with van der Waals surface area (Å²) in [6, 6.07) is 0.505. The summed E-state index contributed by atoms with van der Waals surface area (Å²) in [4.78, 5) is 14.5. The minimum Gasteiger partial charge on any atom is -0.342 e. The maximum atomic E-state index is 12.3. The Hall–Kier alpha value is -0.570. The van der Waals surface area contributed by atoms with Crippen LogP contribution in [-0.2, 0) is 4.79 Å². The first-order valence-electron chi connectivity index (χ1n) is 6.69. The Kier molecular flexibility index (Phi) is 3.85. The van der Waals surface area contributed by atoms with Gasteiger partial charge in [-0.1, -0.05) is 6.92 Å². The van der Waals surface area contributed by atoms with Crippen molar-refractivity contribution in [1.82, 2.24) is 10.2 Å². The van der Waals surface area contributed by atoms with E-state index in [1.807, 2.05) is 0 Å². The van der Waals surface area contributed by atoms with Crippen molar-refractivity contribution in [3.05, 3.63) is 0 Å². The van der Waals surface area contributed by atoms with Gasteiger partial charge >= 0.3 is 0 Å². The molecule has 92 valence electrons. The van der Waals surface area contributed by atoms with E-state index in [1.165, 1.54) is 12.8 Å². The van der Waals surface area contributed by atoms with Crippen molar-refractivity contribution >= 4 is 5.91 Å². The Balaban J connectivity index is 1.90. The molecular formula is C13H24N2O. The second-order valence-corrected chi connectivity index (χ2v) is 5.61. The Morgan fingerprint density at radius 3 is 2.81 bits per heavy atom. The van der Waals surface area contributed by atoms with Gasteiger partial charge in [-0.3, -0.25) is 4.79 Å². The number of rotatable bonds is 1. The lowest BCUT2D eigenvalue weighted by atomic mass is 9.90. The fraction of sp³-hybridized carbons (Fsp3) is 0.923. The summed E-state index contributed by atoms with van der Waals surface area (Å²) < 4.78 is 0. The third-order valence-electron chi connectivity index (χ3n) is 3.94. The first-order chi connectivity index (χ1) is 7.66. The molecule has 2 fully saturated rings. The van der Waals surface area contributed by atoms with Crippen LogP contribution in [0.4, 0.5) is 0 Å². The van der Waals surface area contributed by atoms with Crippen LogP contribution in [0.3, 0.4) is 0 Å². The van der Waals surface area contributed by atoms with Crippen LogP contribution >= 0.6 is 0 Å². The summed E-state index contributed by atoms with van der Waals surface area (Å²) in [6.45, 7) is 7.41. The van der Waals surface area contributed by atoms with E-state index in [0.717, 1.165) is 32.5 Å². The number of carbonyl (C=O) groups is 1. The van der Waals surface area contributed by atoms with Crippen molar-refractivity contribution in [3.8, 4) is 0 Å². The van der Waals surface area contributed by atoms with Crippen LogP contribution in [0.1, 0.15) is 39.5 Å². The quantitative estimate of drug-likeness (QED) is 0.734. The van der Waals surface area contributed by atoms with E-state index in [2.05, 4.69) is 24.1 Å². The molecule has 2 saturated heterocycles. The van der Waals surface area contributed by atoms with Crippen molar-refractivity contribution in [2.24, 2.45) is 11.8 Å². The largest absolute Gasteiger partial charge is 0.342 e. The van der Waals surface area contributed by atoms with E-state index in [1.54, 1.807) is 0 Å². The van der Waals surface area contributed by atoms with Crippen molar-refractivity contribution in [1.29, 1.82) is 0 Å². The molecule has 0 aromatic carbocycles. The Morgan fingerprint density at radius 2 is 2.12 bits per heavy atom. The average molecular weight is 224 g/mol. The lowest BCUT2D eigenvalue weighted by Gasteiger charge is -2.36. The van der Waals surface area contributed by atoms with E-state index >= 15 is 0 Å². The van der Waals surface area contributed by atoms with Crippen LogP contribution in [-0.4, -0.2) is 36.5 Å². The first-order valence-corrected chi connectivity index (χ1v) is 6.69. The summed E-state index contributed by atoms with van der Waals surface area (Å²) in [5, 5.41) is 3.41. The SMILES string of the molecule is CC1CCCN(C(=O)[C@H]2CCN[C@@H](C)C2)C1. The summed E-state index contributed by atoms with van der Waals surface area (Å²) in [5.41, 5.74) is 0. The molecule has 0 bridgehead atoms. The Morgan fingerprint density at radius 1 is 1.31 bits per heavy atom. The molecule has 0 radical (unpaired) electrons. The van der Waals surface area contributed by atoms with Gasteiger partial charge in [-0.15, -0.1) is 0 Å². The second-order valence-electron chi connectivity index (χ2n) is 5.61. The molecule has 1 amide bonds. The molecule has 16 heavy (non-hydrogen) atoms. The van der Waals surface area contributed by atoms with Gasteiger partial charge in [0.2, 0.25) is 5.91 Å². The topological polar surface area (TPSA) is 32.3 Å². The van der Waals surface area contributed by atoms with Crippen molar-refractivity contribution in [2.45, 2.75) is 45.6 Å². The number of hydrogen-bond donors (Lipinski definition) is 1. The number of carbonyl (C=O) groups excluding carboxylic acids is 1. The highest BCUT2D eigenvalue weighted by Crippen LogP contribution is 2.22. The minimum atomic E-state index is 0.279. The lowest BCUT2D eigenvalue weighted by Crippen LogP contribution is -2.47. The predicted molar refractivity (Wildman–Crippen MR) is 65.2 cm³/mol. The molecule has 0 aliphatic carbocycles. The first kappa shape index (κ1) is 11.9. The van der Waals surface area contributed by atoms with Gasteiger partial charge in [-0.2, -0.15) is 0 Å². The Labute approximate surface area is 98.6 Å². The molecule has 3 heteroatoms. The second kappa shape index (κ2) is 5.17. The highest BCUT2D eigenvalue weighted by molar-refractivity contribution is 5.79. The highest BCUT2D eigenvalue weighted by atomic mass is 16.2. The molecule has 1 unspecified atom stereocenters. The zero-order valence-corrected chi connectivity index (χ0v) is 10.5. The highest BCUT2D eigenvalue weighted by Gasteiger charge is 2.30. The third-order valence-corrected chi connectivity index (χ3v) is 3.94. The van der Waals surface area contributed by atoms with Crippen LogP contribution in [0.5, 0.6) is 0 Å². The summed E-state index contributed by atoms with van der Waals surface area (Å²) in [5.74, 6) is 1.39. The molecule has 0 aromatic heterocycles. The van der Waals surface area contributed by atoms with Gasteiger partial charge < -0.3 is 10.2 Å². The summed E-state index contributed by atoms with van der Waals surface area (Å²) >= 11 is 0. The van der Waals surface area contributed by atoms with E-state index in [4.69, 9.17) is 0 Å². The normalized spacial score (nSPS) is 36.1. The van der Waals surface area contributed by atoms with Crippen molar-refractivity contribution in [3.63, 3.8) is 0 Å². The number of nitrogens with zero attached hydrogens (tertiary/aromatic N) is 1. The molecule has 3 nitrogen and oxygen atoms in total. The number of likely N-dealkylation sites (tertiary alicyclic amines) is 1. The summed E-state index contributed by atoms with van der Waals surface area (Å²) in [7, 11) is 0. The molecule has 3 atom stereocenters. The van der Waals surface area contributed by atoms with Gasteiger partial charge in [0, 0.05) is 25.0 Å². The van der Waals surface area contributed by atoms with Crippen LogP contribution in [0.25, 0.3) is 0 Å². The molecule has 0 saturated carbocycles. The monoisotopic (exact) mass is 224 g/mol. The third kappa shape index (κ3) is 2.76. The number of amides is 1. The van der Waals surface area contributed by atoms with Gasteiger partial charge in [0.05, 0.1) is 0 Å². The van der Waals surface area contributed by atoms with Gasteiger partial charge in [0.1, 0.15) is 0 Å². The van der Waals surface area contributed by atoms with Crippen LogP contribution in [0.2, 0.25) is 0 Å². The molecule has 0 aromatic rings.